The Morgan fingerprint density at radius 1 is 0.812 bits per heavy atom. The van der Waals surface area contributed by atoms with Gasteiger partial charge < -0.3 is 28.8 Å². The van der Waals surface area contributed by atoms with Gasteiger partial charge in [0.1, 0.15) is 5.76 Å². The Morgan fingerprint density at radius 3 is 2.19 bits per heavy atom. The van der Waals surface area contributed by atoms with Gasteiger partial charge >= 0.3 is 5.91 Å². The molecule has 5 aromatic rings. The summed E-state index contributed by atoms with van der Waals surface area (Å²) in [6.07, 6.45) is 0. The molecule has 13 heteroatoms. The molecule has 1 atom stereocenters. The molecule has 246 valence electrons. The lowest BCUT2D eigenvalue weighted by atomic mass is 9.94. The summed E-state index contributed by atoms with van der Waals surface area (Å²) in [4.78, 5) is 28.9. The zero-order chi connectivity index (χ0) is 33.9. The number of aliphatic hydroxyl groups is 1. The molecule has 0 bridgehead atoms. The highest BCUT2D eigenvalue weighted by molar-refractivity contribution is 8.00. The van der Waals surface area contributed by atoms with Crippen LogP contribution in [0.2, 0.25) is 0 Å². The number of hydrogen-bond acceptors (Lipinski definition) is 12. The van der Waals surface area contributed by atoms with Gasteiger partial charge in [0.05, 0.1) is 47.2 Å². The molecule has 0 radical (unpaired) electrons. The predicted molar refractivity (Wildman–Crippen MR) is 184 cm³/mol. The van der Waals surface area contributed by atoms with Crippen molar-refractivity contribution in [3.63, 3.8) is 0 Å². The van der Waals surface area contributed by atoms with Crippen molar-refractivity contribution in [1.29, 1.82) is 0 Å². The second-order valence-corrected chi connectivity index (χ2v) is 12.7. The minimum absolute atomic E-state index is 0.165. The molecule has 1 aliphatic heterocycles. The molecule has 48 heavy (non-hydrogen) atoms. The number of amides is 1. The van der Waals surface area contributed by atoms with Gasteiger partial charge in [-0.25, -0.2) is 0 Å². The number of aromatic nitrogens is 2. The maximum Gasteiger partial charge on any atom is 0.301 e. The normalized spacial score (nSPS) is 15.5. The fraction of sp³-hybridized carbons (Fsp3) is 0.200. The van der Waals surface area contributed by atoms with Crippen molar-refractivity contribution in [1.82, 2.24) is 10.2 Å². The number of hydrogen-bond donors (Lipinski definition) is 1. The van der Waals surface area contributed by atoms with Crippen LogP contribution in [-0.2, 0) is 15.3 Å². The minimum atomic E-state index is -1.13. The van der Waals surface area contributed by atoms with Crippen LogP contribution in [0.5, 0.6) is 28.7 Å². The van der Waals surface area contributed by atoms with Crippen molar-refractivity contribution >= 4 is 56.5 Å². The van der Waals surface area contributed by atoms with E-state index in [-0.39, 0.29) is 16.3 Å². The van der Waals surface area contributed by atoms with E-state index in [9.17, 15) is 14.7 Å². The first-order chi connectivity index (χ1) is 23.3. The molecule has 0 aliphatic carbocycles. The standard InChI is InChI=1S/C35H31N3O8S2/c1-42-24-14-13-20(15-25(24)43-2)30(39)28-29(22-16-26(44-3)32(46-5)27(17-22)45-4)38(33(41)31(28)40)34-36-37-35(48-34)47-18-21-11-8-10-19-9-6-7-12-23(19)21/h6-17,29,39H,18H2,1-5H3/b30-28-. The third-order valence-electron chi connectivity index (χ3n) is 7.94. The van der Waals surface area contributed by atoms with E-state index in [1.165, 1.54) is 69.6 Å². The van der Waals surface area contributed by atoms with Gasteiger partial charge in [-0.3, -0.25) is 14.5 Å². The van der Waals surface area contributed by atoms with Crippen molar-refractivity contribution < 1.29 is 38.4 Å². The molecule has 1 amide bonds. The Balaban J connectivity index is 1.45. The third-order valence-corrected chi connectivity index (χ3v) is 10.0. The number of rotatable bonds is 11. The molecule has 2 heterocycles. The van der Waals surface area contributed by atoms with Crippen molar-refractivity contribution in [2.24, 2.45) is 0 Å². The zero-order valence-electron chi connectivity index (χ0n) is 26.7. The number of Topliss-reactive ketones (excluding diaryl/α,β-unsaturated/α-hetero) is 1. The Hall–Kier alpha value is -5.27. The Bertz CT molecular complexity index is 2030. The van der Waals surface area contributed by atoms with Crippen molar-refractivity contribution in [3.05, 3.63) is 95.1 Å². The number of thioether (sulfide) groups is 1. The second-order valence-electron chi connectivity index (χ2n) is 10.5. The van der Waals surface area contributed by atoms with Gasteiger partial charge in [-0.2, -0.15) is 0 Å². The Morgan fingerprint density at radius 2 is 1.50 bits per heavy atom. The molecule has 6 rings (SSSR count). The molecule has 1 N–H and O–H groups in total. The molecule has 0 spiro atoms. The fourth-order valence-electron chi connectivity index (χ4n) is 5.66. The van der Waals surface area contributed by atoms with E-state index < -0.39 is 23.5 Å². The molecule has 4 aromatic carbocycles. The van der Waals surface area contributed by atoms with Gasteiger partial charge in [-0.1, -0.05) is 65.6 Å². The molecule has 1 unspecified atom stereocenters. The van der Waals surface area contributed by atoms with Gasteiger partial charge in [0.25, 0.3) is 5.78 Å². The lowest BCUT2D eigenvalue weighted by Gasteiger charge is -2.24. The van der Waals surface area contributed by atoms with E-state index >= 15 is 0 Å². The van der Waals surface area contributed by atoms with E-state index in [0.29, 0.717) is 44.4 Å². The third kappa shape index (κ3) is 5.86. The monoisotopic (exact) mass is 685 g/mol. The quantitative estimate of drug-likeness (QED) is 0.0527. The van der Waals surface area contributed by atoms with Crippen LogP contribution >= 0.6 is 23.1 Å². The number of aliphatic hydroxyl groups excluding tert-OH is 1. The molecular weight excluding hydrogens is 655 g/mol. The number of fused-ring (bicyclic) bond motifs is 1. The van der Waals surface area contributed by atoms with Crippen LogP contribution in [0.1, 0.15) is 22.7 Å². The van der Waals surface area contributed by atoms with Gasteiger partial charge in [-0.15, -0.1) is 10.2 Å². The van der Waals surface area contributed by atoms with E-state index in [1.807, 2.05) is 18.2 Å². The molecule has 1 aromatic heterocycles. The first-order valence-corrected chi connectivity index (χ1v) is 16.4. The Labute approximate surface area is 284 Å². The van der Waals surface area contributed by atoms with Crippen LogP contribution in [0.15, 0.2) is 82.7 Å². The van der Waals surface area contributed by atoms with Crippen LogP contribution in [0.25, 0.3) is 16.5 Å². The van der Waals surface area contributed by atoms with E-state index in [1.54, 1.807) is 24.3 Å². The first-order valence-electron chi connectivity index (χ1n) is 14.6. The average Bonchev–Trinajstić information content (AvgIpc) is 3.70. The highest BCUT2D eigenvalue weighted by Gasteiger charge is 2.49. The lowest BCUT2D eigenvalue weighted by Crippen LogP contribution is -2.29. The maximum atomic E-state index is 13.9. The predicted octanol–water partition coefficient (Wildman–Crippen LogP) is 6.65. The topological polar surface area (TPSA) is 130 Å². The van der Waals surface area contributed by atoms with Crippen molar-refractivity contribution in [2.45, 2.75) is 16.1 Å². The number of carbonyl (C=O) groups excluding carboxylic acids is 2. The highest BCUT2D eigenvalue weighted by Crippen LogP contribution is 2.48. The Kier molecular flexibility index (Phi) is 9.42. The number of ketones is 1. The van der Waals surface area contributed by atoms with Crippen LogP contribution in [-0.4, -0.2) is 62.5 Å². The highest BCUT2D eigenvalue weighted by atomic mass is 32.2. The summed E-state index contributed by atoms with van der Waals surface area (Å²) in [5.41, 5.74) is 1.61. The fourth-order valence-corrected chi connectivity index (χ4v) is 7.53. The molecule has 0 saturated carbocycles. The summed E-state index contributed by atoms with van der Waals surface area (Å²) in [5, 5.41) is 22.9. The summed E-state index contributed by atoms with van der Waals surface area (Å²) in [6, 6.07) is 21.1. The van der Waals surface area contributed by atoms with Crippen LogP contribution < -0.4 is 28.6 Å². The first kappa shape index (κ1) is 32.7. The number of ether oxygens (including phenoxy) is 5. The van der Waals surface area contributed by atoms with Gasteiger partial charge in [-0.05, 0) is 52.2 Å². The molecule has 1 saturated heterocycles. The maximum absolute atomic E-state index is 13.9. The van der Waals surface area contributed by atoms with Gasteiger partial charge in [0, 0.05) is 11.3 Å². The number of benzene rings is 4. The van der Waals surface area contributed by atoms with Gasteiger partial charge in [0.15, 0.2) is 27.3 Å². The lowest BCUT2D eigenvalue weighted by molar-refractivity contribution is -0.132. The number of carbonyl (C=O) groups is 2. The molecule has 1 fully saturated rings. The van der Waals surface area contributed by atoms with E-state index in [0.717, 1.165) is 16.3 Å². The van der Waals surface area contributed by atoms with Crippen LogP contribution in [0.3, 0.4) is 0 Å². The smallest absolute Gasteiger partial charge is 0.301 e. The van der Waals surface area contributed by atoms with Crippen molar-refractivity contribution in [3.8, 4) is 28.7 Å². The summed E-state index contributed by atoms with van der Waals surface area (Å²) in [5.74, 6) is 0.104. The number of methoxy groups -OCH3 is 5. The van der Waals surface area contributed by atoms with E-state index in [2.05, 4.69) is 34.5 Å². The SMILES string of the molecule is COc1ccc(/C(O)=C2/C(=O)C(=O)N(c3nnc(SCc4cccc5ccccc45)s3)C2c2cc(OC)c(OC)c(OC)c2)cc1OC. The van der Waals surface area contributed by atoms with E-state index in [4.69, 9.17) is 23.7 Å². The summed E-state index contributed by atoms with van der Waals surface area (Å²) < 4.78 is 28.0. The van der Waals surface area contributed by atoms with Gasteiger partial charge in [0.2, 0.25) is 10.9 Å². The summed E-state index contributed by atoms with van der Waals surface area (Å²) in [6.45, 7) is 0. The number of nitrogens with zero attached hydrogens (tertiary/aromatic N) is 3. The molecule has 11 nitrogen and oxygen atoms in total. The second kappa shape index (κ2) is 13.8. The largest absolute Gasteiger partial charge is 0.507 e. The summed E-state index contributed by atoms with van der Waals surface area (Å²) >= 11 is 2.65. The minimum Gasteiger partial charge on any atom is -0.507 e. The van der Waals surface area contributed by atoms with Crippen LogP contribution in [0.4, 0.5) is 5.13 Å². The van der Waals surface area contributed by atoms with Crippen molar-refractivity contribution in [2.75, 3.05) is 40.4 Å². The zero-order valence-corrected chi connectivity index (χ0v) is 28.3. The number of anilines is 1. The molecule has 1 aliphatic rings. The van der Waals surface area contributed by atoms with Crippen LogP contribution in [0, 0.1) is 0 Å². The summed E-state index contributed by atoms with van der Waals surface area (Å²) in [7, 11) is 7.35. The molecular formula is C35H31N3O8S2. The average molecular weight is 686 g/mol.